The van der Waals surface area contributed by atoms with Gasteiger partial charge in [-0.1, -0.05) is 11.6 Å². The van der Waals surface area contributed by atoms with E-state index < -0.39 is 0 Å². The number of carbonyl (C=O) groups excluding carboxylic acids is 2. The number of amides is 1. The first-order valence-corrected chi connectivity index (χ1v) is 10.9. The summed E-state index contributed by atoms with van der Waals surface area (Å²) in [5, 5.41) is 0.986. The lowest BCUT2D eigenvalue weighted by molar-refractivity contribution is 0.0600. The van der Waals surface area contributed by atoms with Crippen LogP contribution >= 0.6 is 0 Å². The Bertz CT molecular complexity index is 1170. The Kier molecular flexibility index (Phi) is 4.93. The fraction of sp³-hybridized carbons (Fsp3) is 0.360. The Hall–Kier alpha value is -3.28. The van der Waals surface area contributed by atoms with Crippen molar-refractivity contribution in [1.82, 2.24) is 9.88 Å². The molecular weight excluding hydrogens is 390 g/mol. The summed E-state index contributed by atoms with van der Waals surface area (Å²) in [7, 11) is 1.39. The van der Waals surface area contributed by atoms with Gasteiger partial charge in [-0.15, -0.1) is 0 Å². The monoisotopic (exact) mass is 417 g/mol. The molecule has 3 heterocycles. The molecule has 0 saturated carbocycles. The van der Waals surface area contributed by atoms with Crippen molar-refractivity contribution < 1.29 is 14.3 Å². The molecule has 0 radical (unpaired) electrons. The van der Waals surface area contributed by atoms with Crippen LogP contribution in [0.4, 0.5) is 5.69 Å². The van der Waals surface area contributed by atoms with Crippen LogP contribution in [0.3, 0.4) is 0 Å². The molecule has 2 aromatic carbocycles. The van der Waals surface area contributed by atoms with Gasteiger partial charge in [0.25, 0.3) is 5.91 Å². The molecule has 2 aliphatic rings. The number of benzene rings is 2. The van der Waals surface area contributed by atoms with Gasteiger partial charge < -0.3 is 19.5 Å². The number of esters is 1. The van der Waals surface area contributed by atoms with Crippen LogP contribution in [0.15, 0.2) is 36.4 Å². The number of hydrogen-bond donors (Lipinski definition) is 1. The molecule has 6 heteroatoms. The Morgan fingerprint density at radius 2 is 1.84 bits per heavy atom. The number of aromatic nitrogens is 1. The van der Waals surface area contributed by atoms with Gasteiger partial charge in [-0.3, -0.25) is 4.79 Å². The highest BCUT2D eigenvalue weighted by Gasteiger charge is 2.28. The number of anilines is 1. The molecule has 1 aromatic heterocycles. The van der Waals surface area contributed by atoms with E-state index in [4.69, 9.17) is 4.74 Å². The SMILES string of the molecule is COC(=O)c1ccc2[nH]c3c(c2c1)CN(C(=O)c1cc(C)ccc1N1CCCC1)CC3. The fourth-order valence-electron chi connectivity index (χ4n) is 4.86. The largest absolute Gasteiger partial charge is 0.465 e. The molecule has 1 saturated heterocycles. The standard InChI is InChI=1S/C25H27N3O3/c1-16-5-8-23(27-10-3-4-11-27)19(13-16)24(29)28-12-9-22-20(15-28)18-14-17(25(30)31-2)6-7-21(18)26-22/h5-8,13-14,26H,3-4,9-12,15H2,1-2H3. The van der Waals surface area contributed by atoms with Crippen molar-refractivity contribution in [3.8, 4) is 0 Å². The maximum Gasteiger partial charge on any atom is 0.337 e. The molecule has 0 spiro atoms. The molecule has 1 fully saturated rings. The van der Waals surface area contributed by atoms with Gasteiger partial charge in [0.05, 0.1) is 18.2 Å². The normalized spacial score (nSPS) is 15.9. The van der Waals surface area contributed by atoms with E-state index in [1.54, 1.807) is 6.07 Å². The average Bonchev–Trinajstić information content (AvgIpc) is 3.45. The fourth-order valence-corrected chi connectivity index (χ4v) is 4.86. The number of carbonyl (C=O) groups is 2. The third-order valence-electron chi connectivity index (χ3n) is 6.51. The molecule has 31 heavy (non-hydrogen) atoms. The van der Waals surface area contributed by atoms with E-state index in [0.717, 1.165) is 58.5 Å². The molecule has 6 nitrogen and oxygen atoms in total. The van der Waals surface area contributed by atoms with Crippen molar-refractivity contribution in [3.63, 3.8) is 0 Å². The van der Waals surface area contributed by atoms with E-state index in [1.807, 2.05) is 30.0 Å². The first kappa shape index (κ1) is 19.7. The number of aryl methyl sites for hydroxylation is 1. The van der Waals surface area contributed by atoms with Gasteiger partial charge in [-0.05, 0) is 50.1 Å². The van der Waals surface area contributed by atoms with Crippen LogP contribution < -0.4 is 4.90 Å². The zero-order valence-corrected chi connectivity index (χ0v) is 18.0. The quantitative estimate of drug-likeness (QED) is 0.653. The van der Waals surface area contributed by atoms with Crippen molar-refractivity contribution in [2.75, 3.05) is 31.6 Å². The number of nitrogens with zero attached hydrogens (tertiary/aromatic N) is 2. The number of nitrogens with one attached hydrogen (secondary N) is 1. The van der Waals surface area contributed by atoms with Gasteiger partial charge in [0.2, 0.25) is 0 Å². The van der Waals surface area contributed by atoms with Crippen molar-refractivity contribution in [3.05, 3.63) is 64.3 Å². The predicted molar refractivity (Wildman–Crippen MR) is 121 cm³/mol. The van der Waals surface area contributed by atoms with Crippen LogP contribution in [0.2, 0.25) is 0 Å². The highest BCUT2D eigenvalue weighted by molar-refractivity contribution is 6.01. The summed E-state index contributed by atoms with van der Waals surface area (Å²) in [6.45, 7) is 5.26. The van der Waals surface area contributed by atoms with Crippen molar-refractivity contribution in [2.24, 2.45) is 0 Å². The van der Waals surface area contributed by atoms with Gasteiger partial charge in [0.15, 0.2) is 0 Å². The zero-order chi connectivity index (χ0) is 21.5. The maximum atomic E-state index is 13.6. The molecule has 0 unspecified atom stereocenters. The van der Waals surface area contributed by atoms with E-state index in [9.17, 15) is 9.59 Å². The third-order valence-corrected chi connectivity index (χ3v) is 6.51. The van der Waals surface area contributed by atoms with Crippen LogP contribution in [0, 0.1) is 6.92 Å². The molecule has 1 amide bonds. The molecular formula is C25H27N3O3. The molecule has 2 aliphatic heterocycles. The van der Waals surface area contributed by atoms with E-state index in [-0.39, 0.29) is 11.9 Å². The minimum Gasteiger partial charge on any atom is -0.465 e. The number of ether oxygens (including phenoxy) is 1. The molecule has 0 aliphatic carbocycles. The van der Waals surface area contributed by atoms with E-state index in [1.165, 1.54) is 20.0 Å². The van der Waals surface area contributed by atoms with Gasteiger partial charge in [-0.25, -0.2) is 4.79 Å². The van der Waals surface area contributed by atoms with Crippen molar-refractivity contribution in [2.45, 2.75) is 32.7 Å². The predicted octanol–water partition coefficient (Wildman–Crippen LogP) is 4.06. The Morgan fingerprint density at radius 1 is 1.03 bits per heavy atom. The van der Waals surface area contributed by atoms with E-state index in [0.29, 0.717) is 18.7 Å². The molecule has 3 aromatic rings. The van der Waals surface area contributed by atoms with Gasteiger partial charge in [-0.2, -0.15) is 0 Å². The molecule has 0 bridgehead atoms. The lowest BCUT2D eigenvalue weighted by atomic mass is 10.0. The number of rotatable bonds is 3. The number of H-pyrrole nitrogens is 1. The third kappa shape index (κ3) is 3.46. The van der Waals surface area contributed by atoms with Gasteiger partial charge in [0.1, 0.15) is 0 Å². The zero-order valence-electron chi connectivity index (χ0n) is 18.0. The van der Waals surface area contributed by atoms with Crippen LogP contribution in [0.25, 0.3) is 10.9 Å². The van der Waals surface area contributed by atoms with Crippen molar-refractivity contribution >= 4 is 28.5 Å². The van der Waals surface area contributed by atoms with E-state index in [2.05, 4.69) is 22.0 Å². The average molecular weight is 418 g/mol. The number of hydrogen-bond acceptors (Lipinski definition) is 4. The summed E-state index contributed by atoms with van der Waals surface area (Å²) in [4.78, 5) is 33.4. The first-order valence-electron chi connectivity index (χ1n) is 10.9. The van der Waals surface area contributed by atoms with Crippen LogP contribution in [0.1, 0.15) is 50.4 Å². The summed E-state index contributed by atoms with van der Waals surface area (Å²) in [5.41, 5.74) is 6.68. The second kappa shape index (κ2) is 7.76. The van der Waals surface area contributed by atoms with Gasteiger partial charge >= 0.3 is 5.97 Å². The molecule has 160 valence electrons. The van der Waals surface area contributed by atoms with Crippen molar-refractivity contribution in [1.29, 1.82) is 0 Å². The number of fused-ring (bicyclic) bond motifs is 3. The lowest BCUT2D eigenvalue weighted by Crippen LogP contribution is -2.36. The van der Waals surface area contributed by atoms with Crippen LogP contribution in [-0.2, 0) is 17.7 Å². The summed E-state index contributed by atoms with van der Waals surface area (Å²) in [6, 6.07) is 11.8. The number of aromatic amines is 1. The Labute approximate surface area is 181 Å². The first-order chi connectivity index (χ1) is 15.0. The Morgan fingerprint density at radius 3 is 2.61 bits per heavy atom. The smallest absolute Gasteiger partial charge is 0.337 e. The maximum absolute atomic E-state index is 13.6. The molecule has 1 N–H and O–H groups in total. The molecule has 0 atom stereocenters. The highest BCUT2D eigenvalue weighted by Crippen LogP contribution is 2.32. The van der Waals surface area contributed by atoms with E-state index >= 15 is 0 Å². The lowest BCUT2D eigenvalue weighted by Gasteiger charge is -2.30. The topological polar surface area (TPSA) is 65.6 Å². The van der Waals surface area contributed by atoms with Crippen LogP contribution in [0.5, 0.6) is 0 Å². The molecule has 5 rings (SSSR count). The number of methoxy groups -OCH3 is 1. The summed E-state index contributed by atoms with van der Waals surface area (Å²) in [5.74, 6) is -0.273. The summed E-state index contributed by atoms with van der Waals surface area (Å²) in [6.07, 6.45) is 3.12. The minimum atomic E-state index is -0.351. The van der Waals surface area contributed by atoms with Gasteiger partial charge in [0, 0.05) is 60.4 Å². The highest BCUT2D eigenvalue weighted by atomic mass is 16.5. The Balaban J connectivity index is 1.49. The minimum absolute atomic E-state index is 0.0784. The van der Waals surface area contributed by atoms with Crippen LogP contribution in [-0.4, -0.2) is 48.5 Å². The second-order valence-electron chi connectivity index (χ2n) is 8.53. The summed E-state index contributed by atoms with van der Waals surface area (Å²) < 4.78 is 4.88. The summed E-state index contributed by atoms with van der Waals surface area (Å²) >= 11 is 0. The second-order valence-corrected chi connectivity index (χ2v) is 8.53.